The molecule has 2 aromatic heterocycles. The fourth-order valence-electron chi connectivity index (χ4n) is 2.35. The fourth-order valence-corrected chi connectivity index (χ4v) is 3.65. The van der Waals surface area contributed by atoms with Gasteiger partial charge >= 0.3 is 0 Å². The van der Waals surface area contributed by atoms with E-state index in [4.69, 9.17) is 0 Å². The van der Waals surface area contributed by atoms with Crippen molar-refractivity contribution in [2.45, 2.75) is 12.5 Å². The Morgan fingerprint density at radius 2 is 2.19 bits per heavy atom. The van der Waals surface area contributed by atoms with Crippen molar-refractivity contribution in [3.63, 3.8) is 0 Å². The Hall–Kier alpha value is -1.30. The SMILES string of the molecule is CNC(Cc1ccc(F)cc1Br)c1cnc2ccsc2c1. The number of pyridine rings is 1. The largest absolute Gasteiger partial charge is 0.313 e. The monoisotopic (exact) mass is 364 g/mol. The van der Waals surface area contributed by atoms with Crippen LogP contribution in [0.1, 0.15) is 17.2 Å². The summed E-state index contributed by atoms with van der Waals surface area (Å²) in [7, 11) is 1.93. The third-order valence-corrected chi connectivity index (χ3v) is 5.11. The Balaban J connectivity index is 1.90. The van der Waals surface area contributed by atoms with Crippen LogP contribution in [0.2, 0.25) is 0 Å². The van der Waals surface area contributed by atoms with Crippen LogP contribution in [0.3, 0.4) is 0 Å². The van der Waals surface area contributed by atoms with Crippen LogP contribution in [-0.4, -0.2) is 12.0 Å². The van der Waals surface area contributed by atoms with E-state index in [-0.39, 0.29) is 11.9 Å². The molecule has 0 amide bonds. The van der Waals surface area contributed by atoms with Gasteiger partial charge in [0.2, 0.25) is 0 Å². The van der Waals surface area contributed by atoms with E-state index < -0.39 is 0 Å². The first-order chi connectivity index (χ1) is 10.2. The summed E-state index contributed by atoms with van der Waals surface area (Å²) in [6.45, 7) is 0. The van der Waals surface area contributed by atoms with E-state index in [9.17, 15) is 4.39 Å². The summed E-state index contributed by atoms with van der Waals surface area (Å²) in [4.78, 5) is 4.49. The van der Waals surface area contributed by atoms with Gasteiger partial charge in [0, 0.05) is 16.7 Å². The average molecular weight is 365 g/mol. The van der Waals surface area contributed by atoms with E-state index in [1.807, 2.05) is 30.8 Å². The van der Waals surface area contributed by atoms with E-state index in [1.54, 1.807) is 11.3 Å². The number of thiophene rings is 1. The zero-order chi connectivity index (χ0) is 14.8. The van der Waals surface area contributed by atoms with Crippen molar-refractivity contribution >= 4 is 37.5 Å². The number of hydrogen-bond acceptors (Lipinski definition) is 3. The number of benzene rings is 1. The Morgan fingerprint density at radius 1 is 1.33 bits per heavy atom. The molecule has 3 rings (SSSR count). The lowest BCUT2D eigenvalue weighted by atomic mass is 10.0. The number of likely N-dealkylation sites (N-methyl/N-ethyl adjacent to an activating group) is 1. The molecule has 0 radical (unpaired) electrons. The summed E-state index contributed by atoms with van der Waals surface area (Å²) in [5.41, 5.74) is 3.24. The molecule has 5 heteroatoms. The van der Waals surface area contributed by atoms with Crippen molar-refractivity contribution in [1.29, 1.82) is 0 Å². The quantitative estimate of drug-likeness (QED) is 0.725. The van der Waals surface area contributed by atoms with Crippen LogP contribution >= 0.6 is 27.3 Å². The lowest BCUT2D eigenvalue weighted by molar-refractivity contribution is 0.586. The molecule has 108 valence electrons. The number of aromatic nitrogens is 1. The summed E-state index contributed by atoms with van der Waals surface area (Å²) in [5, 5.41) is 5.36. The molecule has 1 N–H and O–H groups in total. The summed E-state index contributed by atoms with van der Waals surface area (Å²) >= 11 is 5.12. The highest BCUT2D eigenvalue weighted by atomic mass is 79.9. The predicted molar refractivity (Wildman–Crippen MR) is 89.2 cm³/mol. The van der Waals surface area contributed by atoms with Gasteiger partial charge in [0.15, 0.2) is 0 Å². The van der Waals surface area contributed by atoms with Crippen molar-refractivity contribution in [3.05, 3.63) is 63.3 Å². The molecular weight excluding hydrogens is 351 g/mol. The molecule has 0 fully saturated rings. The minimum absolute atomic E-state index is 0.144. The molecule has 3 aromatic rings. The molecule has 0 saturated heterocycles. The second-order valence-corrected chi connectivity index (χ2v) is 6.66. The van der Waals surface area contributed by atoms with Crippen LogP contribution in [0.25, 0.3) is 10.2 Å². The number of nitrogens with zero attached hydrogens (tertiary/aromatic N) is 1. The van der Waals surface area contributed by atoms with Crippen molar-refractivity contribution < 1.29 is 4.39 Å². The number of nitrogens with one attached hydrogen (secondary N) is 1. The molecule has 2 nitrogen and oxygen atoms in total. The maximum Gasteiger partial charge on any atom is 0.124 e. The van der Waals surface area contributed by atoms with Crippen molar-refractivity contribution in [3.8, 4) is 0 Å². The maximum absolute atomic E-state index is 13.2. The fraction of sp³-hybridized carbons (Fsp3) is 0.188. The van der Waals surface area contributed by atoms with Crippen molar-refractivity contribution in [2.75, 3.05) is 7.05 Å². The van der Waals surface area contributed by atoms with Gasteiger partial charge in [-0.15, -0.1) is 11.3 Å². The highest BCUT2D eigenvalue weighted by Crippen LogP contribution is 2.27. The maximum atomic E-state index is 13.2. The van der Waals surface area contributed by atoms with Gasteiger partial charge in [-0.05, 0) is 54.2 Å². The summed E-state index contributed by atoms with van der Waals surface area (Å²) < 4.78 is 15.2. The van der Waals surface area contributed by atoms with E-state index in [2.05, 4.69) is 32.3 Å². The van der Waals surface area contributed by atoms with Gasteiger partial charge in [-0.25, -0.2) is 4.39 Å². The highest BCUT2D eigenvalue weighted by Gasteiger charge is 2.14. The molecule has 2 heterocycles. The van der Waals surface area contributed by atoms with Gasteiger partial charge in [-0.3, -0.25) is 4.98 Å². The molecule has 0 aliphatic rings. The lowest BCUT2D eigenvalue weighted by Gasteiger charge is -2.17. The molecule has 0 aliphatic heterocycles. The van der Waals surface area contributed by atoms with Gasteiger partial charge in [0.25, 0.3) is 0 Å². The van der Waals surface area contributed by atoms with E-state index in [1.165, 1.54) is 16.8 Å². The zero-order valence-corrected chi connectivity index (χ0v) is 13.8. The Kier molecular flexibility index (Phi) is 4.33. The molecule has 1 unspecified atom stereocenters. The highest BCUT2D eigenvalue weighted by molar-refractivity contribution is 9.10. The molecule has 0 aliphatic carbocycles. The summed E-state index contributed by atoms with van der Waals surface area (Å²) in [5.74, 6) is -0.228. The number of halogens is 2. The van der Waals surface area contributed by atoms with Crippen LogP contribution in [-0.2, 0) is 6.42 Å². The number of hydrogen-bond donors (Lipinski definition) is 1. The first-order valence-electron chi connectivity index (χ1n) is 6.61. The summed E-state index contributed by atoms with van der Waals surface area (Å²) in [6.07, 6.45) is 2.68. The van der Waals surface area contributed by atoms with Gasteiger partial charge in [-0.2, -0.15) is 0 Å². The first-order valence-corrected chi connectivity index (χ1v) is 8.29. The standard InChI is InChI=1S/C16H14BrFN2S/c1-19-15(6-10-2-3-12(18)8-13(10)17)11-7-16-14(20-9-11)4-5-21-16/h2-5,7-9,15,19H,6H2,1H3. The normalized spacial score (nSPS) is 12.7. The molecule has 1 aromatic carbocycles. The van der Waals surface area contributed by atoms with Gasteiger partial charge in [0.05, 0.1) is 10.2 Å². The van der Waals surface area contributed by atoms with E-state index >= 15 is 0 Å². The molecule has 0 saturated carbocycles. The topological polar surface area (TPSA) is 24.9 Å². The Bertz CT molecular complexity index is 772. The van der Waals surface area contributed by atoms with Crippen LogP contribution in [0.5, 0.6) is 0 Å². The number of fused-ring (bicyclic) bond motifs is 1. The predicted octanol–water partition coefficient (Wildman–Crippen LogP) is 4.70. The molecule has 0 spiro atoms. The summed E-state index contributed by atoms with van der Waals surface area (Å²) in [6, 6.07) is 9.16. The molecule has 1 atom stereocenters. The minimum Gasteiger partial charge on any atom is -0.313 e. The van der Waals surface area contributed by atoms with E-state index in [0.29, 0.717) is 0 Å². The number of rotatable bonds is 4. The van der Waals surface area contributed by atoms with Gasteiger partial charge in [0.1, 0.15) is 5.82 Å². The average Bonchev–Trinajstić information content (AvgIpc) is 2.94. The minimum atomic E-state index is -0.228. The smallest absolute Gasteiger partial charge is 0.124 e. The second-order valence-electron chi connectivity index (χ2n) is 4.85. The third-order valence-electron chi connectivity index (χ3n) is 3.51. The first kappa shape index (κ1) is 14.6. The van der Waals surface area contributed by atoms with Crippen LogP contribution in [0, 0.1) is 5.82 Å². The third kappa shape index (κ3) is 3.15. The molecule has 21 heavy (non-hydrogen) atoms. The van der Waals surface area contributed by atoms with Crippen LogP contribution in [0.15, 0.2) is 46.4 Å². The Morgan fingerprint density at radius 3 is 2.95 bits per heavy atom. The molecular formula is C16H14BrFN2S. The van der Waals surface area contributed by atoms with Crippen LogP contribution < -0.4 is 5.32 Å². The van der Waals surface area contributed by atoms with Gasteiger partial charge < -0.3 is 5.32 Å². The van der Waals surface area contributed by atoms with Gasteiger partial charge in [-0.1, -0.05) is 22.0 Å². The molecule has 0 bridgehead atoms. The van der Waals surface area contributed by atoms with Crippen molar-refractivity contribution in [1.82, 2.24) is 10.3 Å². The Labute approximate surface area is 135 Å². The lowest BCUT2D eigenvalue weighted by Crippen LogP contribution is -2.19. The zero-order valence-electron chi connectivity index (χ0n) is 11.4. The van der Waals surface area contributed by atoms with Crippen molar-refractivity contribution in [2.24, 2.45) is 0 Å². The van der Waals surface area contributed by atoms with Crippen LogP contribution in [0.4, 0.5) is 4.39 Å². The second kappa shape index (κ2) is 6.22. The van der Waals surface area contributed by atoms with E-state index in [0.717, 1.165) is 27.5 Å².